The molecule has 0 saturated carbocycles. The Morgan fingerprint density at radius 2 is 1.55 bits per heavy atom. The number of hydrogen-bond acceptors (Lipinski definition) is 3. The maximum atomic E-state index is 12.1. The molecule has 0 aromatic heterocycles. The molecule has 22 heavy (non-hydrogen) atoms. The van der Waals surface area contributed by atoms with Gasteiger partial charge in [0.05, 0.1) is 5.56 Å². The summed E-state index contributed by atoms with van der Waals surface area (Å²) in [6.45, 7) is 1.84. The average Bonchev–Trinajstić information content (AvgIpc) is 2.51. The topological polar surface area (TPSA) is 90.5 Å². The van der Waals surface area contributed by atoms with Crippen LogP contribution in [0.3, 0.4) is 0 Å². The second-order valence-corrected chi connectivity index (χ2v) is 4.76. The molecule has 4 N–H and O–H groups in total. The Balaban J connectivity index is 2.08. The average molecular weight is 299 g/mol. The van der Waals surface area contributed by atoms with Gasteiger partial charge in [-0.1, -0.05) is 11.6 Å². The summed E-state index contributed by atoms with van der Waals surface area (Å²) in [5, 5.41) is 17.5. The van der Waals surface area contributed by atoms with Crippen molar-refractivity contribution in [3.05, 3.63) is 53.6 Å². The van der Waals surface area contributed by atoms with E-state index in [1.54, 1.807) is 36.4 Å². The smallest absolute Gasteiger partial charge is 0.318 e. The van der Waals surface area contributed by atoms with Crippen LogP contribution in [0, 0.1) is 6.92 Å². The molecule has 3 amide bonds. The number of urea groups is 1. The number of phenolic OH excluding ortho intramolecular Hbond substituents is 1. The summed E-state index contributed by atoms with van der Waals surface area (Å²) >= 11 is 0. The van der Waals surface area contributed by atoms with Gasteiger partial charge in [-0.2, -0.15) is 0 Å². The fourth-order valence-corrected chi connectivity index (χ4v) is 1.86. The lowest BCUT2D eigenvalue weighted by atomic mass is 10.1. The zero-order valence-corrected chi connectivity index (χ0v) is 12.3. The Kier molecular flexibility index (Phi) is 4.63. The first-order valence-corrected chi connectivity index (χ1v) is 6.69. The van der Waals surface area contributed by atoms with Gasteiger partial charge in [-0.25, -0.2) is 4.79 Å². The molecule has 2 aromatic carbocycles. The van der Waals surface area contributed by atoms with Crippen molar-refractivity contribution in [2.24, 2.45) is 0 Å². The minimum atomic E-state index is -0.395. The van der Waals surface area contributed by atoms with Gasteiger partial charge < -0.3 is 21.1 Å². The summed E-state index contributed by atoms with van der Waals surface area (Å²) < 4.78 is 0. The number of hydrogen-bond donors (Lipinski definition) is 4. The van der Waals surface area contributed by atoms with E-state index in [1.165, 1.54) is 13.1 Å². The third kappa shape index (κ3) is 3.76. The first-order valence-electron chi connectivity index (χ1n) is 6.69. The number of anilines is 2. The number of carbonyl (C=O) groups is 2. The molecule has 0 aliphatic carbocycles. The van der Waals surface area contributed by atoms with Crippen LogP contribution in [-0.4, -0.2) is 24.1 Å². The van der Waals surface area contributed by atoms with Crippen molar-refractivity contribution in [3.8, 4) is 5.75 Å². The minimum absolute atomic E-state index is 0.0685. The lowest BCUT2D eigenvalue weighted by molar-refractivity contribution is 0.102. The van der Waals surface area contributed by atoms with E-state index in [4.69, 9.17) is 0 Å². The van der Waals surface area contributed by atoms with E-state index < -0.39 is 5.91 Å². The van der Waals surface area contributed by atoms with Gasteiger partial charge in [0.2, 0.25) is 0 Å². The zero-order valence-electron chi connectivity index (χ0n) is 12.3. The lowest BCUT2D eigenvalue weighted by Crippen LogP contribution is -2.24. The molecule has 0 radical (unpaired) electrons. The molecule has 0 saturated heterocycles. The monoisotopic (exact) mass is 299 g/mol. The summed E-state index contributed by atoms with van der Waals surface area (Å²) in [5.74, 6) is -0.464. The molecular weight excluding hydrogens is 282 g/mol. The second-order valence-electron chi connectivity index (χ2n) is 4.76. The van der Waals surface area contributed by atoms with Crippen LogP contribution in [0.4, 0.5) is 16.2 Å². The van der Waals surface area contributed by atoms with Crippen LogP contribution in [0.15, 0.2) is 42.5 Å². The van der Waals surface area contributed by atoms with E-state index in [1.807, 2.05) is 6.92 Å². The van der Waals surface area contributed by atoms with Crippen LogP contribution < -0.4 is 16.0 Å². The normalized spacial score (nSPS) is 9.91. The standard InChI is InChI=1S/C16H17N3O3/c1-10-3-8-14(20)13(9-10)15(21)18-11-4-6-12(7-5-11)19-16(22)17-2/h3-9,20H,1-2H3,(H,18,21)(H2,17,19,22). The maximum absolute atomic E-state index is 12.1. The summed E-state index contributed by atoms with van der Waals surface area (Å²) in [5.41, 5.74) is 2.27. The van der Waals surface area contributed by atoms with E-state index in [0.717, 1.165) is 5.56 Å². The quantitative estimate of drug-likeness (QED) is 0.702. The Bertz CT molecular complexity index is 696. The highest BCUT2D eigenvalue weighted by atomic mass is 16.3. The van der Waals surface area contributed by atoms with Crippen molar-refractivity contribution in [1.82, 2.24) is 5.32 Å². The Morgan fingerprint density at radius 1 is 0.955 bits per heavy atom. The van der Waals surface area contributed by atoms with Gasteiger partial charge in [-0.15, -0.1) is 0 Å². The predicted molar refractivity (Wildman–Crippen MR) is 85.3 cm³/mol. The first-order chi connectivity index (χ1) is 10.5. The first kappa shape index (κ1) is 15.4. The number of amides is 3. The minimum Gasteiger partial charge on any atom is -0.507 e. The van der Waals surface area contributed by atoms with Gasteiger partial charge >= 0.3 is 6.03 Å². The molecule has 0 unspecified atom stereocenters. The highest BCUT2D eigenvalue weighted by molar-refractivity contribution is 6.06. The number of nitrogens with one attached hydrogen (secondary N) is 3. The largest absolute Gasteiger partial charge is 0.507 e. The fraction of sp³-hybridized carbons (Fsp3) is 0.125. The van der Waals surface area contributed by atoms with E-state index >= 15 is 0 Å². The number of phenols is 1. The number of aryl methyl sites for hydroxylation is 1. The molecule has 2 rings (SSSR count). The van der Waals surface area contributed by atoms with Gasteiger partial charge in [0, 0.05) is 18.4 Å². The van der Waals surface area contributed by atoms with E-state index in [-0.39, 0.29) is 17.3 Å². The maximum Gasteiger partial charge on any atom is 0.318 e. The third-order valence-electron chi connectivity index (χ3n) is 3.02. The van der Waals surface area contributed by atoms with E-state index in [9.17, 15) is 14.7 Å². The van der Waals surface area contributed by atoms with Crippen LogP contribution in [0.1, 0.15) is 15.9 Å². The molecule has 2 aromatic rings. The molecule has 0 bridgehead atoms. The van der Waals surface area contributed by atoms with Gasteiger partial charge in [-0.3, -0.25) is 4.79 Å². The number of carbonyl (C=O) groups excluding carboxylic acids is 2. The molecular formula is C16H17N3O3. The Labute approximate surface area is 128 Å². The van der Waals surface area contributed by atoms with Crippen LogP contribution in [0.25, 0.3) is 0 Å². The summed E-state index contributed by atoms with van der Waals surface area (Å²) in [6.07, 6.45) is 0. The van der Waals surface area contributed by atoms with Gasteiger partial charge in [-0.05, 0) is 43.3 Å². The van der Waals surface area contributed by atoms with E-state index in [0.29, 0.717) is 11.4 Å². The van der Waals surface area contributed by atoms with Gasteiger partial charge in [0.1, 0.15) is 5.75 Å². The number of aromatic hydroxyl groups is 1. The Hall–Kier alpha value is -3.02. The van der Waals surface area contributed by atoms with Crippen molar-refractivity contribution in [3.63, 3.8) is 0 Å². The molecule has 0 aliphatic heterocycles. The molecule has 0 atom stereocenters. The fourth-order valence-electron chi connectivity index (χ4n) is 1.86. The van der Waals surface area contributed by atoms with Crippen LogP contribution >= 0.6 is 0 Å². The lowest BCUT2D eigenvalue weighted by Gasteiger charge is -2.09. The summed E-state index contributed by atoms with van der Waals surface area (Å²) in [7, 11) is 1.53. The molecule has 0 spiro atoms. The van der Waals surface area contributed by atoms with Crippen molar-refractivity contribution < 1.29 is 14.7 Å². The highest BCUT2D eigenvalue weighted by Gasteiger charge is 2.11. The molecule has 6 heteroatoms. The molecule has 114 valence electrons. The third-order valence-corrected chi connectivity index (χ3v) is 3.02. The van der Waals surface area contributed by atoms with E-state index in [2.05, 4.69) is 16.0 Å². The van der Waals surface area contributed by atoms with Crippen LogP contribution in [-0.2, 0) is 0 Å². The Morgan fingerprint density at radius 3 is 2.14 bits per heavy atom. The van der Waals surface area contributed by atoms with Crippen molar-refractivity contribution >= 4 is 23.3 Å². The summed E-state index contributed by atoms with van der Waals surface area (Å²) in [4.78, 5) is 23.3. The van der Waals surface area contributed by atoms with Crippen molar-refractivity contribution in [2.45, 2.75) is 6.92 Å². The summed E-state index contributed by atoms with van der Waals surface area (Å²) in [6, 6.07) is 11.2. The molecule has 0 fully saturated rings. The van der Waals surface area contributed by atoms with Crippen LogP contribution in [0.2, 0.25) is 0 Å². The zero-order chi connectivity index (χ0) is 16.1. The second kappa shape index (κ2) is 6.62. The predicted octanol–water partition coefficient (Wildman–Crippen LogP) is 2.70. The molecule has 0 heterocycles. The molecule has 0 aliphatic rings. The van der Waals surface area contributed by atoms with Crippen LogP contribution in [0.5, 0.6) is 5.75 Å². The number of benzene rings is 2. The SMILES string of the molecule is CNC(=O)Nc1ccc(NC(=O)c2cc(C)ccc2O)cc1. The van der Waals surface area contributed by atoms with Gasteiger partial charge in [0.15, 0.2) is 0 Å². The van der Waals surface area contributed by atoms with Crippen molar-refractivity contribution in [2.75, 3.05) is 17.7 Å². The number of rotatable bonds is 3. The van der Waals surface area contributed by atoms with Gasteiger partial charge in [0.25, 0.3) is 5.91 Å². The molecule has 6 nitrogen and oxygen atoms in total. The van der Waals surface area contributed by atoms with Crippen molar-refractivity contribution in [1.29, 1.82) is 0 Å². The highest BCUT2D eigenvalue weighted by Crippen LogP contribution is 2.20.